The van der Waals surface area contributed by atoms with E-state index in [2.05, 4.69) is 60.3 Å². The van der Waals surface area contributed by atoms with Crippen molar-refractivity contribution in [3.63, 3.8) is 0 Å². The van der Waals surface area contributed by atoms with E-state index >= 15 is 0 Å². The van der Waals surface area contributed by atoms with Crippen LogP contribution in [0.25, 0.3) is 0 Å². The van der Waals surface area contributed by atoms with E-state index in [0.29, 0.717) is 22.7 Å². The Hall–Kier alpha value is -5.19. The molecule has 2 aromatic carbocycles. The first-order valence-electron chi connectivity index (χ1n) is 20.3. The molecule has 5 aliphatic rings. The van der Waals surface area contributed by atoms with Crippen LogP contribution in [0, 0.1) is 16.7 Å². The third kappa shape index (κ3) is 8.29. The number of carbonyl (C=O) groups excluding carboxylic acids is 4. The predicted molar refractivity (Wildman–Crippen MR) is 219 cm³/mol. The number of benzene rings is 2. The van der Waals surface area contributed by atoms with Crippen molar-refractivity contribution in [2.45, 2.75) is 70.0 Å². The fraction of sp³-hybridized carbons (Fsp3) is 0.488. The molecule has 298 valence electrons. The fourth-order valence-corrected chi connectivity index (χ4v) is 9.80. The molecule has 3 aromatic rings. The van der Waals surface area contributed by atoms with E-state index in [-0.39, 0.29) is 35.8 Å². The number of likely N-dealkylation sites (tertiary alicyclic amines) is 1. The van der Waals surface area contributed by atoms with Gasteiger partial charge >= 0.3 is 0 Å². The highest BCUT2D eigenvalue weighted by atomic mass is 35.5. The number of hydrogen-bond acceptors (Lipinski definition) is 10. The molecular weight excluding hydrogens is 742 g/mol. The normalized spacial score (nSPS) is 23.0. The first kappa shape index (κ1) is 38.7. The smallest absolute Gasteiger partial charge is 0.270 e. The number of nitrogens with zero attached hydrogens (tertiary/aromatic N) is 7. The number of aromatic nitrogens is 1. The van der Waals surface area contributed by atoms with Crippen LogP contribution in [-0.2, 0) is 9.59 Å². The highest BCUT2D eigenvalue weighted by Crippen LogP contribution is 2.46. The summed E-state index contributed by atoms with van der Waals surface area (Å²) in [6.45, 7) is 10.3. The number of halogens is 1. The Bertz CT molecular complexity index is 2030. The lowest BCUT2D eigenvalue weighted by atomic mass is 9.76. The number of imide groups is 1. The van der Waals surface area contributed by atoms with Crippen molar-refractivity contribution in [2.75, 3.05) is 73.6 Å². The number of anilines is 3. The Morgan fingerprint density at radius 3 is 2.21 bits per heavy atom. The van der Waals surface area contributed by atoms with Gasteiger partial charge in [-0.3, -0.25) is 29.4 Å². The maximum atomic E-state index is 13.6. The molecule has 2 N–H and O–H groups in total. The number of rotatable bonds is 7. The van der Waals surface area contributed by atoms with Gasteiger partial charge in [-0.25, -0.2) is 4.98 Å². The molecule has 8 rings (SSSR count). The third-order valence-corrected chi connectivity index (χ3v) is 13.3. The van der Waals surface area contributed by atoms with Gasteiger partial charge in [0.05, 0.1) is 22.5 Å². The lowest BCUT2D eigenvalue weighted by Gasteiger charge is -2.43. The molecule has 0 saturated carbocycles. The minimum atomic E-state index is -0.736. The van der Waals surface area contributed by atoms with Crippen LogP contribution in [0.4, 0.5) is 17.1 Å². The molecule has 5 fully saturated rings. The van der Waals surface area contributed by atoms with Crippen LogP contribution >= 0.6 is 11.6 Å². The minimum absolute atomic E-state index is 0.104. The summed E-state index contributed by atoms with van der Waals surface area (Å²) >= 11 is 6.38. The number of pyridine rings is 1. The van der Waals surface area contributed by atoms with Gasteiger partial charge in [-0.1, -0.05) is 11.6 Å². The molecule has 14 heteroatoms. The van der Waals surface area contributed by atoms with E-state index in [1.165, 1.54) is 5.69 Å². The summed E-state index contributed by atoms with van der Waals surface area (Å²) in [5.41, 5.74) is 4.96. The van der Waals surface area contributed by atoms with Gasteiger partial charge in [-0.15, -0.1) is 0 Å². The average molecular weight is 792 g/mol. The summed E-state index contributed by atoms with van der Waals surface area (Å²) in [4.78, 5) is 65.7. The molecule has 0 radical (unpaired) electrons. The van der Waals surface area contributed by atoms with Crippen molar-refractivity contribution < 1.29 is 19.2 Å². The third-order valence-electron chi connectivity index (χ3n) is 12.9. The minimum Gasteiger partial charge on any atom is -0.371 e. The van der Waals surface area contributed by atoms with Crippen molar-refractivity contribution in [2.24, 2.45) is 5.41 Å². The maximum absolute atomic E-state index is 13.6. The van der Waals surface area contributed by atoms with Crippen LogP contribution in [-0.4, -0.2) is 115 Å². The Labute approximate surface area is 338 Å². The van der Waals surface area contributed by atoms with Crippen molar-refractivity contribution in [1.29, 1.82) is 5.26 Å². The Morgan fingerprint density at radius 2 is 1.56 bits per heavy atom. The van der Waals surface area contributed by atoms with Crippen LogP contribution in [0.2, 0.25) is 5.02 Å². The number of piperidine rings is 3. The van der Waals surface area contributed by atoms with E-state index in [0.717, 1.165) is 108 Å². The molecule has 0 aliphatic carbocycles. The summed E-state index contributed by atoms with van der Waals surface area (Å²) in [7, 11) is 0. The van der Waals surface area contributed by atoms with Crippen LogP contribution in [0.5, 0.6) is 0 Å². The molecule has 57 heavy (non-hydrogen) atoms. The molecule has 1 aromatic heterocycles. The number of carbonyl (C=O) groups is 4. The van der Waals surface area contributed by atoms with E-state index in [1.54, 1.807) is 12.3 Å². The Balaban J connectivity index is 0.767. The van der Waals surface area contributed by atoms with Gasteiger partial charge in [0.2, 0.25) is 11.8 Å². The lowest BCUT2D eigenvalue weighted by Crippen LogP contribution is -2.53. The van der Waals surface area contributed by atoms with E-state index < -0.39 is 17.9 Å². The van der Waals surface area contributed by atoms with E-state index in [1.807, 2.05) is 41.3 Å². The zero-order chi connectivity index (χ0) is 39.7. The number of nitrogens with one attached hydrogen (secondary N) is 2. The predicted octanol–water partition coefficient (Wildman–Crippen LogP) is 4.45. The summed E-state index contributed by atoms with van der Waals surface area (Å²) in [5, 5.41) is 14.7. The molecule has 0 bridgehead atoms. The van der Waals surface area contributed by atoms with Gasteiger partial charge in [0.1, 0.15) is 17.8 Å². The van der Waals surface area contributed by atoms with Gasteiger partial charge in [-0.05, 0) is 105 Å². The van der Waals surface area contributed by atoms with E-state index in [9.17, 15) is 24.4 Å². The Kier molecular flexibility index (Phi) is 11.1. The second-order valence-corrected chi connectivity index (χ2v) is 16.8. The molecule has 1 unspecified atom stereocenters. The molecule has 5 aliphatic heterocycles. The van der Waals surface area contributed by atoms with Gasteiger partial charge in [0.25, 0.3) is 11.8 Å². The molecule has 6 heterocycles. The summed E-state index contributed by atoms with van der Waals surface area (Å²) < 4.78 is 0. The van der Waals surface area contributed by atoms with Crippen molar-refractivity contribution in [3.8, 4) is 6.07 Å². The number of nitriles is 1. The topological polar surface area (TPSA) is 145 Å². The lowest BCUT2D eigenvalue weighted by molar-refractivity contribution is -0.134. The first-order chi connectivity index (χ1) is 27.6. The zero-order valence-electron chi connectivity index (χ0n) is 32.5. The van der Waals surface area contributed by atoms with Gasteiger partial charge in [-0.2, -0.15) is 5.26 Å². The Morgan fingerprint density at radius 1 is 0.877 bits per heavy atom. The molecular formula is C43H50ClN9O4. The van der Waals surface area contributed by atoms with Crippen molar-refractivity contribution in [1.82, 2.24) is 25.4 Å². The monoisotopic (exact) mass is 791 g/mol. The quantitative estimate of drug-likeness (QED) is 0.330. The van der Waals surface area contributed by atoms with Crippen LogP contribution in [0.15, 0.2) is 60.8 Å². The number of piperazine rings is 1. The van der Waals surface area contributed by atoms with Crippen LogP contribution in [0.3, 0.4) is 0 Å². The number of hydrogen-bond donors (Lipinski definition) is 2. The number of amides is 4. The largest absolute Gasteiger partial charge is 0.371 e. The summed E-state index contributed by atoms with van der Waals surface area (Å²) in [6, 6.07) is 19.8. The first-order valence-corrected chi connectivity index (χ1v) is 20.7. The van der Waals surface area contributed by atoms with Crippen molar-refractivity contribution >= 4 is 52.3 Å². The highest BCUT2D eigenvalue weighted by molar-refractivity contribution is 6.32. The SMILES string of the molecule is C[C@@H]1CC2(CCN(c3ccc(C(=O)N4CCC(N5CCN(c6ccc(C(=O)NC7CCC(=O)NC7=O)nc6)CC5)CC4)cc3)CC2)CN1c1ccc(C#N)c(Cl)c1. The van der Waals surface area contributed by atoms with Crippen LogP contribution in [0.1, 0.15) is 78.3 Å². The van der Waals surface area contributed by atoms with Crippen LogP contribution < -0.4 is 25.3 Å². The zero-order valence-corrected chi connectivity index (χ0v) is 33.2. The second kappa shape index (κ2) is 16.3. The van der Waals surface area contributed by atoms with Gasteiger partial charge in [0, 0.05) is 94.3 Å². The van der Waals surface area contributed by atoms with E-state index in [4.69, 9.17) is 11.6 Å². The summed E-state index contributed by atoms with van der Waals surface area (Å²) in [6.07, 6.45) is 7.46. The fourth-order valence-electron chi connectivity index (χ4n) is 9.59. The summed E-state index contributed by atoms with van der Waals surface area (Å²) in [5.74, 6) is -1.14. The van der Waals surface area contributed by atoms with Crippen molar-refractivity contribution in [3.05, 3.63) is 82.6 Å². The average Bonchev–Trinajstić information content (AvgIpc) is 3.56. The molecule has 5 saturated heterocycles. The standard InChI is InChI=1S/C43H50ClN9O4/c1-29-25-43(28-53(29)34-7-4-31(26-45)36(44)24-34)14-18-49(19-15-43)32-5-2-30(3-6-32)42(57)52-16-12-33(13-17-52)50-20-22-51(23-21-50)35-8-9-37(46-27-35)40(55)47-38-10-11-39(54)48-41(38)56/h2-9,24,27,29,33,38H,10-23,25,28H2,1H3,(H,47,55)(H,48,54,56)/t29-,38?/m1/s1. The second-order valence-electron chi connectivity index (χ2n) is 16.4. The molecule has 4 amide bonds. The van der Waals surface area contributed by atoms with Gasteiger partial charge in [0.15, 0.2) is 0 Å². The highest BCUT2D eigenvalue weighted by Gasteiger charge is 2.44. The molecule has 1 spiro atoms. The van der Waals surface area contributed by atoms with Gasteiger partial charge < -0.3 is 24.9 Å². The maximum Gasteiger partial charge on any atom is 0.270 e. The molecule has 13 nitrogen and oxygen atoms in total. The molecule has 2 atom stereocenters.